The number of fused-ring (bicyclic) bond motifs is 3. The second kappa shape index (κ2) is 7.26. The van der Waals surface area contributed by atoms with E-state index in [1.165, 1.54) is 5.56 Å². The molecule has 2 aliphatic heterocycles. The molecular formula is C23H28N2O4. The first kappa shape index (κ1) is 19.6. The lowest BCUT2D eigenvalue weighted by Gasteiger charge is -2.31. The lowest BCUT2D eigenvalue weighted by atomic mass is 9.73. The third-order valence-electron chi connectivity index (χ3n) is 5.33. The Hall–Kier alpha value is -2.73. The van der Waals surface area contributed by atoms with Crippen LogP contribution in [0.1, 0.15) is 45.2 Å². The van der Waals surface area contributed by atoms with Crippen molar-refractivity contribution < 1.29 is 19.0 Å². The van der Waals surface area contributed by atoms with Gasteiger partial charge in [-0.25, -0.2) is 4.79 Å². The molecule has 1 fully saturated rings. The molecular weight excluding hydrogens is 368 g/mol. The fourth-order valence-electron chi connectivity index (χ4n) is 4.27. The number of carbonyl (C=O) groups excluding carboxylic acids is 1. The Morgan fingerprint density at radius 1 is 1.24 bits per heavy atom. The van der Waals surface area contributed by atoms with E-state index in [0.29, 0.717) is 18.9 Å². The van der Waals surface area contributed by atoms with Gasteiger partial charge in [-0.15, -0.1) is 0 Å². The summed E-state index contributed by atoms with van der Waals surface area (Å²) in [6, 6.07) is 14.0. The van der Waals surface area contributed by atoms with Gasteiger partial charge in [-0.05, 0) is 63.9 Å². The van der Waals surface area contributed by atoms with Gasteiger partial charge in [0.15, 0.2) is 0 Å². The van der Waals surface area contributed by atoms with Gasteiger partial charge in [-0.3, -0.25) is 5.32 Å². The molecule has 2 aromatic carbocycles. The zero-order valence-corrected chi connectivity index (χ0v) is 17.4. The number of nitrogens with one attached hydrogen (secondary N) is 2. The molecule has 1 saturated heterocycles. The zero-order valence-electron chi connectivity index (χ0n) is 17.4. The van der Waals surface area contributed by atoms with Crippen LogP contribution in [-0.2, 0) is 14.9 Å². The molecule has 2 aliphatic rings. The summed E-state index contributed by atoms with van der Waals surface area (Å²) in [7, 11) is 0. The van der Waals surface area contributed by atoms with Crippen molar-refractivity contribution in [1.29, 1.82) is 0 Å². The summed E-state index contributed by atoms with van der Waals surface area (Å²) in [5, 5.41) is 6.36. The second-order valence-electron chi connectivity index (χ2n) is 8.43. The fraction of sp³-hybridized carbons (Fsp3) is 0.435. The molecule has 0 bridgehead atoms. The maximum atomic E-state index is 12.3. The van der Waals surface area contributed by atoms with E-state index in [-0.39, 0.29) is 11.6 Å². The van der Waals surface area contributed by atoms with E-state index in [9.17, 15) is 4.79 Å². The average Bonchev–Trinajstić information content (AvgIpc) is 3.18. The second-order valence-corrected chi connectivity index (χ2v) is 8.43. The number of anilines is 2. The van der Waals surface area contributed by atoms with Crippen LogP contribution in [0.4, 0.5) is 16.2 Å². The summed E-state index contributed by atoms with van der Waals surface area (Å²) in [4.78, 5) is 12.3. The number of hydrogen-bond acceptors (Lipinski definition) is 5. The van der Waals surface area contributed by atoms with Crippen LogP contribution in [0.25, 0.3) is 0 Å². The molecule has 154 valence electrons. The molecule has 6 nitrogen and oxygen atoms in total. The Morgan fingerprint density at radius 2 is 2.03 bits per heavy atom. The number of rotatable bonds is 4. The van der Waals surface area contributed by atoms with Crippen molar-refractivity contribution in [2.75, 3.05) is 23.8 Å². The van der Waals surface area contributed by atoms with E-state index < -0.39 is 11.7 Å². The smallest absolute Gasteiger partial charge is 0.412 e. The van der Waals surface area contributed by atoms with E-state index in [4.69, 9.17) is 14.2 Å². The molecule has 0 aliphatic carbocycles. The number of hydrogen-bond donors (Lipinski definition) is 2. The fourth-order valence-corrected chi connectivity index (χ4v) is 4.27. The van der Waals surface area contributed by atoms with Crippen LogP contribution >= 0.6 is 0 Å². The summed E-state index contributed by atoms with van der Waals surface area (Å²) in [5.41, 5.74) is 3.01. The first-order valence-electron chi connectivity index (χ1n) is 10.1. The van der Waals surface area contributed by atoms with E-state index >= 15 is 0 Å². The van der Waals surface area contributed by atoms with Crippen LogP contribution in [0.3, 0.4) is 0 Å². The van der Waals surface area contributed by atoms with Crippen LogP contribution in [0.2, 0.25) is 0 Å². The molecule has 2 heterocycles. The summed E-state index contributed by atoms with van der Waals surface area (Å²) in [6.07, 6.45) is 0.183. The van der Waals surface area contributed by atoms with Crippen LogP contribution in [-0.4, -0.2) is 31.1 Å². The van der Waals surface area contributed by atoms with Gasteiger partial charge in [0.25, 0.3) is 0 Å². The SMILES string of the molecule is CCOc1ccc(NC(=O)OC(C)(C)C)cc1[C@]12CCO[C@H]1Nc1ccccc12. The van der Waals surface area contributed by atoms with E-state index in [1.54, 1.807) is 0 Å². The number of carbonyl (C=O) groups is 1. The minimum atomic E-state index is -0.560. The molecule has 6 heteroatoms. The predicted molar refractivity (Wildman–Crippen MR) is 113 cm³/mol. The van der Waals surface area contributed by atoms with Gasteiger partial charge in [0, 0.05) is 16.9 Å². The van der Waals surface area contributed by atoms with Crippen molar-refractivity contribution in [2.45, 2.75) is 51.4 Å². The van der Waals surface area contributed by atoms with Crippen LogP contribution < -0.4 is 15.4 Å². The zero-order chi connectivity index (χ0) is 20.6. The maximum Gasteiger partial charge on any atom is 0.412 e. The van der Waals surface area contributed by atoms with Crippen molar-refractivity contribution in [3.8, 4) is 5.75 Å². The van der Waals surface area contributed by atoms with Crippen LogP contribution in [0, 0.1) is 0 Å². The van der Waals surface area contributed by atoms with Crippen molar-refractivity contribution in [3.63, 3.8) is 0 Å². The monoisotopic (exact) mass is 396 g/mol. The van der Waals surface area contributed by atoms with Crippen LogP contribution in [0.15, 0.2) is 42.5 Å². The third kappa shape index (κ3) is 3.53. The van der Waals surface area contributed by atoms with E-state index in [2.05, 4.69) is 22.8 Å². The average molecular weight is 396 g/mol. The van der Waals surface area contributed by atoms with Gasteiger partial charge in [0.05, 0.1) is 18.6 Å². The van der Waals surface area contributed by atoms with Gasteiger partial charge < -0.3 is 19.5 Å². The largest absolute Gasteiger partial charge is 0.494 e. The van der Waals surface area contributed by atoms with Crippen LogP contribution in [0.5, 0.6) is 5.75 Å². The lowest BCUT2D eigenvalue weighted by molar-refractivity contribution is 0.0636. The first-order chi connectivity index (χ1) is 13.8. The van der Waals surface area contributed by atoms with Gasteiger partial charge >= 0.3 is 6.09 Å². The molecule has 0 aromatic heterocycles. The maximum absolute atomic E-state index is 12.3. The molecule has 0 saturated carbocycles. The topological polar surface area (TPSA) is 68.8 Å². The molecule has 0 radical (unpaired) electrons. The highest BCUT2D eigenvalue weighted by Gasteiger charge is 2.53. The minimum absolute atomic E-state index is 0.170. The summed E-state index contributed by atoms with van der Waals surface area (Å²) in [5.74, 6) is 0.802. The van der Waals surface area contributed by atoms with Crippen molar-refractivity contribution in [1.82, 2.24) is 0 Å². The Morgan fingerprint density at radius 3 is 2.79 bits per heavy atom. The molecule has 2 N–H and O–H groups in total. The van der Waals surface area contributed by atoms with E-state index in [0.717, 1.165) is 23.4 Å². The van der Waals surface area contributed by atoms with Gasteiger partial charge in [-0.2, -0.15) is 0 Å². The van der Waals surface area contributed by atoms with Gasteiger partial charge in [0.2, 0.25) is 0 Å². The summed E-state index contributed by atoms with van der Waals surface area (Å²) < 4.78 is 17.4. The molecule has 0 spiro atoms. The van der Waals surface area contributed by atoms with Crippen molar-refractivity contribution in [2.24, 2.45) is 0 Å². The number of ether oxygens (including phenoxy) is 3. The summed E-state index contributed by atoms with van der Waals surface area (Å²) in [6.45, 7) is 8.71. The lowest BCUT2D eigenvalue weighted by Crippen LogP contribution is -2.36. The normalized spacial score (nSPS) is 22.4. The highest BCUT2D eigenvalue weighted by atomic mass is 16.6. The Bertz CT molecular complexity index is 921. The molecule has 1 amide bonds. The molecule has 4 rings (SSSR count). The highest BCUT2D eigenvalue weighted by molar-refractivity contribution is 5.85. The molecule has 29 heavy (non-hydrogen) atoms. The first-order valence-corrected chi connectivity index (χ1v) is 10.1. The summed E-state index contributed by atoms with van der Waals surface area (Å²) >= 11 is 0. The predicted octanol–water partition coefficient (Wildman–Crippen LogP) is 4.89. The highest BCUT2D eigenvalue weighted by Crippen LogP contribution is 2.54. The number of benzene rings is 2. The molecule has 0 unspecified atom stereocenters. The van der Waals surface area contributed by atoms with Crippen molar-refractivity contribution >= 4 is 17.5 Å². The van der Waals surface area contributed by atoms with Crippen molar-refractivity contribution in [3.05, 3.63) is 53.6 Å². The standard InChI is InChI=1S/C23H28N2O4/c1-5-27-19-11-10-15(24-21(26)29-22(2,3)4)14-17(19)23-12-13-28-20(23)25-18-9-7-6-8-16(18)23/h6-11,14,20,25H,5,12-13H2,1-4H3,(H,24,26)/t20-,23-/m1/s1. The number of para-hydroxylation sites is 1. The van der Waals surface area contributed by atoms with Gasteiger partial charge in [-0.1, -0.05) is 18.2 Å². The molecule has 2 atom stereocenters. The van der Waals surface area contributed by atoms with E-state index in [1.807, 2.05) is 58.0 Å². The Balaban J connectivity index is 1.76. The third-order valence-corrected chi connectivity index (χ3v) is 5.33. The van der Waals surface area contributed by atoms with Gasteiger partial charge in [0.1, 0.15) is 17.6 Å². The minimum Gasteiger partial charge on any atom is -0.494 e. The number of amides is 1. The quantitative estimate of drug-likeness (QED) is 0.770. The molecule has 2 aromatic rings. The Kier molecular flexibility index (Phi) is 4.90. The Labute approximate surface area is 171 Å².